The summed E-state index contributed by atoms with van der Waals surface area (Å²) in [6.07, 6.45) is 0.966. The summed E-state index contributed by atoms with van der Waals surface area (Å²) in [4.78, 5) is 0. The molecule has 1 unspecified atom stereocenters. The molecule has 0 aliphatic carbocycles. The maximum atomic E-state index is 2.52. The van der Waals surface area contributed by atoms with Gasteiger partial charge in [-0.2, -0.15) is 0 Å². The number of rotatable bonds is 4. The second-order valence-electron chi connectivity index (χ2n) is 7.02. The van der Waals surface area contributed by atoms with Crippen molar-refractivity contribution in [3.63, 3.8) is 0 Å². The van der Waals surface area contributed by atoms with E-state index >= 15 is 0 Å². The third-order valence-corrected chi connectivity index (χ3v) is 5.39. The number of para-hydroxylation sites is 2. The monoisotopic (exact) mass is 347 g/mol. The lowest BCUT2D eigenvalue weighted by Crippen LogP contribution is -2.13. The largest absolute Gasteiger partial charge is 0.332 e. The molecule has 0 spiro atoms. The van der Waals surface area contributed by atoms with Gasteiger partial charge in [0.05, 0.1) is 6.04 Å². The van der Waals surface area contributed by atoms with Gasteiger partial charge >= 0.3 is 0 Å². The molecule has 0 saturated heterocycles. The number of hydrogen-bond donors (Lipinski definition) is 0. The Balaban J connectivity index is 1.79. The predicted octanol–water partition coefficient (Wildman–Crippen LogP) is 6.63. The molecule has 0 N–H and O–H groups in total. The number of hydrogen-bond acceptors (Lipinski definition) is 0. The molecule has 4 aromatic carbocycles. The van der Waals surface area contributed by atoms with Gasteiger partial charge in [0.2, 0.25) is 0 Å². The molecule has 1 atom stereocenters. The zero-order valence-corrected chi connectivity index (χ0v) is 15.1. The van der Waals surface area contributed by atoms with Gasteiger partial charge in [0, 0.05) is 21.8 Å². The molecule has 0 saturated carbocycles. The lowest BCUT2D eigenvalue weighted by molar-refractivity contribution is 0.618. The van der Waals surface area contributed by atoms with Crippen molar-refractivity contribution in [1.82, 2.24) is 4.57 Å². The highest BCUT2D eigenvalue weighted by Gasteiger charge is 2.20. The summed E-state index contributed by atoms with van der Waals surface area (Å²) < 4.78 is 2.52. The van der Waals surface area contributed by atoms with Gasteiger partial charge in [-0.15, -0.1) is 0 Å². The van der Waals surface area contributed by atoms with Crippen molar-refractivity contribution < 1.29 is 0 Å². The molecule has 1 aromatic heterocycles. The molecule has 5 rings (SSSR count). The second kappa shape index (κ2) is 6.77. The Bertz CT molecular complexity index is 1130. The molecule has 0 bridgehead atoms. The first kappa shape index (κ1) is 15.9. The van der Waals surface area contributed by atoms with Crippen LogP contribution in [0.5, 0.6) is 0 Å². The van der Waals surface area contributed by atoms with Crippen molar-refractivity contribution in [2.75, 3.05) is 0 Å². The second-order valence-corrected chi connectivity index (χ2v) is 7.02. The Morgan fingerprint density at radius 2 is 1.00 bits per heavy atom. The van der Waals surface area contributed by atoms with Crippen molar-refractivity contribution in [2.45, 2.75) is 12.5 Å². The lowest BCUT2D eigenvalue weighted by Gasteiger charge is -2.22. The van der Waals surface area contributed by atoms with Crippen molar-refractivity contribution in [2.24, 2.45) is 0 Å². The summed E-state index contributed by atoms with van der Waals surface area (Å²) in [7, 11) is 0. The van der Waals surface area contributed by atoms with E-state index in [-0.39, 0.29) is 6.04 Å². The van der Waals surface area contributed by atoms with Gasteiger partial charge in [0.25, 0.3) is 0 Å². The SMILES string of the molecule is c1ccc(CC(c2ccccc2)n2c3ccccc3c3ccccc32)cc1. The molecule has 1 heterocycles. The van der Waals surface area contributed by atoms with E-state index in [0.29, 0.717) is 0 Å². The molecule has 27 heavy (non-hydrogen) atoms. The molecule has 1 heteroatoms. The summed E-state index contributed by atoms with van der Waals surface area (Å²) in [6.45, 7) is 0. The lowest BCUT2D eigenvalue weighted by atomic mass is 9.98. The first-order valence-electron chi connectivity index (χ1n) is 9.48. The number of aromatic nitrogens is 1. The van der Waals surface area contributed by atoms with E-state index in [9.17, 15) is 0 Å². The van der Waals surface area contributed by atoms with E-state index in [2.05, 4.69) is 114 Å². The van der Waals surface area contributed by atoms with Crippen LogP contribution in [0.3, 0.4) is 0 Å². The topological polar surface area (TPSA) is 4.93 Å². The summed E-state index contributed by atoms with van der Waals surface area (Å²) in [5.41, 5.74) is 5.29. The molecule has 0 aliphatic rings. The fourth-order valence-corrected chi connectivity index (χ4v) is 4.16. The van der Waals surface area contributed by atoms with E-state index in [0.717, 1.165) is 6.42 Å². The van der Waals surface area contributed by atoms with Gasteiger partial charge in [0.15, 0.2) is 0 Å². The molecule has 0 aliphatic heterocycles. The quantitative estimate of drug-likeness (QED) is 0.344. The highest BCUT2D eigenvalue weighted by atomic mass is 15.0. The van der Waals surface area contributed by atoms with Crippen LogP contribution in [0.1, 0.15) is 17.2 Å². The Morgan fingerprint density at radius 1 is 0.519 bits per heavy atom. The summed E-state index contributed by atoms with van der Waals surface area (Å²) in [6, 6.07) is 39.4. The Kier molecular flexibility index (Phi) is 3.99. The van der Waals surface area contributed by atoms with Crippen molar-refractivity contribution in [3.05, 3.63) is 120 Å². The smallest absolute Gasteiger partial charge is 0.0632 e. The summed E-state index contributed by atoms with van der Waals surface area (Å²) in [5.74, 6) is 0. The van der Waals surface area contributed by atoms with E-state index in [1.54, 1.807) is 0 Å². The minimum atomic E-state index is 0.249. The molecule has 0 fully saturated rings. The number of fused-ring (bicyclic) bond motifs is 3. The third kappa shape index (κ3) is 2.82. The fraction of sp³-hybridized carbons (Fsp3) is 0.0769. The van der Waals surface area contributed by atoms with Gasteiger partial charge in [-0.3, -0.25) is 0 Å². The molecule has 5 aromatic rings. The first-order chi connectivity index (χ1) is 13.4. The average Bonchev–Trinajstić information content (AvgIpc) is 3.08. The highest BCUT2D eigenvalue weighted by Crippen LogP contribution is 2.35. The normalized spacial score (nSPS) is 12.4. The van der Waals surface area contributed by atoms with Crippen LogP contribution in [0.2, 0.25) is 0 Å². The van der Waals surface area contributed by atoms with E-state index < -0.39 is 0 Å². The van der Waals surface area contributed by atoms with Crippen LogP contribution >= 0.6 is 0 Å². The minimum absolute atomic E-state index is 0.249. The van der Waals surface area contributed by atoms with Crippen LogP contribution < -0.4 is 0 Å². The molecular formula is C26H21N. The van der Waals surface area contributed by atoms with Gasteiger partial charge in [0.1, 0.15) is 0 Å². The molecule has 1 nitrogen and oxygen atoms in total. The van der Waals surface area contributed by atoms with Crippen LogP contribution in [0.15, 0.2) is 109 Å². The minimum Gasteiger partial charge on any atom is -0.332 e. The van der Waals surface area contributed by atoms with Gasteiger partial charge in [-0.05, 0) is 29.7 Å². The van der Waals surface area contributed by atoms with Gasteiger partial charge in [-0.1, -0.05) is 97.1 Å². The maximum absolute atomic E-state index is 2.52. The number of nitrogens with zero attached hydrogens (tertiary/aromatic N) is 1. The van der Waals surface area contributed by atoms with Crippen molar-refractivity contribution in [1.29, 1.82) is 0 Å². The van der Waals surface area contributed by atoms with E-state index in [1.165, 1.54) is 32.9 Å². The van der Waals surface area contributed by atoms with Gasteiger partial charge < -0.3 is 4.57 Å². The molecule has 0 radical (unpaired) electrons. The molecule has 130 valence electrons. The van der Waals surface area contributed by atoms with E-state index in [4.69, 9.17) is 0 Å². The number of benzene rings is 4. The summed E-state index contributed by atoms with van der Waals surface area (Å²) >= 11 is 0. The zero-order chi connectivity index (χ0) is 18.1. The van der Waals surface area contributed by atoms with Crippen LogP contribution in [0.4, 0.5) is 0 Å². The van der Waals surface area contributed by atoms with Gasteiger partial charge in [-0.25, -0.2) is 0 Å². The molecule has 0 amide bonds. The fourth-order valence-electron chi connectivity index (χ4n) is 4.16. The predicted molar refractivity (Wildman–Crippen MR) is 114 cm³/mol. The average molecular weight is 347 g/mol. The standard InChI is InChI=1S/C26H21N/c1-3-11-20(12-4-1)19-26(21-13-5-2-6-14-21)27-24-17-9-7-15-22(24)23-16-8-10-18-25(23)27/h1-18,26H,19H2. The van der Waals surface area contributed by atoms with Crippen LogP contribution in [-0.2, 0) is 6.42 Å². The van der Waals surface area contributed by atoms with Crippen LogP contribution in [0, 0.1) is 0 Å². The maximum Gasteiger partial charge on any atom is 0.0632 e. The first-order valence-corrected chi connectivity index (χ1v) is 9.48. The van der Waals surface area contributed by atoms with E-state index in [1.807, 2.05) is 0 Å². The Labute approximate surface area is 159 Å². The third-order valence-electron chi connectivity index (χ3n) is 5.39. The van der Waals surface area contributed by atoms with Crippen LogP contribution in [0.25, 0.3) is 21.8 Å². The highest BCUT2D eigenvalue weighted by molar-refractivity contribution is 6.08. The molecular weight excluding hydrogens is 326 g/mol. The Hall–Kier alpha value is -3.32. The zero-order valence-electron chi connectivity index (χ0n) is 15.1. The summed E-state index contributed by atoms with van der Waals surface area (Å²) in [5, 5.41) is 2.64. The van der Waals surface area contributed by atoms with Crippen molar-refractivity contribution >= 4 is 21.8 Å². The van der Waals surface area contributed by atoms with Crippen molar-refractivity contribution in [3.8, 4) is 0 Å². The Morgan fingerprint density at radius 3 is 1.59 bits per heavy atom. The van der Waals surface area contributed by atoms with Crippen LogP contribution in [-0.4, -0.2) is 4.57 Å².